The number of rotatable bonds is 7. The highest BCUT2D eigenvalue weighted by Gasteiger charge is 2.30. The van der Waals surface area contributed by atoms with Crippen LogP contribution in [-0.2, 0) is 21.3 Å². The van der Waals surface area contributed by atoms with Crippen LogP contribution >= 0.6 is 0 Å². The zero-order valence-electron chi connectivity index (χ0n) is 19.2. The van der Waals surface area contributed by atoms with Gasteiger partial charge >= 0.3 is 0 Å². The standard InChI is InChI=1S/C24H30N4O4S/c1-18-14-23(19(2)28(18)16-21-4-3-13-32-21)24(29)17-26-9-11-27(12-10-26)33(30,31)22-7-5-20(15-25)6-8-22/h5-8,14,21H,3-4,9-13,16-17H2,1-2H3/t21-/m1/s1. The molecule has 0 bridgehead atoms. The van der Waals surface area contributed by atoms with Crippen LogP contribution < -0.4 is 0 Å². The smallest absolute Gasteiger partial charge is 0.243 e. The van der Waals surface area contributed by atoms with E-state index in [1.807, 2.05) is 30.9 Å². The minimum Gasteiger partial charge on any atom is -0.376 e. The molecule has 0 aliphatic carbocycles. The second-order valence-corrected chi connectivity index (χ2v) is 10.7. The molecule has 1 aromatic heterocycles. The van der Waals surface area contributed by atoms with E-state index in [1.165, 1.54) is 28.6 Å². The van der Waals surface area contributed by atoms with Crippen molar-refractivity contribution in [1.82, 2.24) is 13.8 Å². The number of nitrogens with zero attached hydrogens (tertiary/aromatic N) is 4. The molecule has 0 unspecified atom stereocenters. The SMILES string of the molecule is Cc1cc(C(=O)CN2CCN(S(=O)(=O)c3ccc(C#N)cc3)CC2)c(C)n1C[C@H]1CCCO1. The molecule has 2 fully saturated rings. The summed E-state index contributed by atoms with van der Waals surface area (Å²) in [5.41, 5.74) is 3.19. The molecule has 0 radical (unpaired) electrons. The number of ether oxygens (including phenoxy) is 1. The van der Waals surface area contributed by atoms with Crippen LogP contribution in [0.4, 0.5) is 0 Å². The van der Waals surface area contributed by atoms with E-state index in [4.69, 9.17) is 10.00 Å². The number of benzene rings is 1. The van der Waals surface area contributed by atoms with Gasteiger partial charge in [0.05, 0.1) is 29.2 Å². The molecule has 4 rings (SSSR count). The number of aryl methyl sites for hydroxylation is 1. The van der Waals surface area contributed by atoms with Gasteiger partial charge in [0.25, 0.3) is 0 Å². The van der Waals surface area contributed by atoms with Crippen molar-refractivity contribution >= 4 is 15.8 Å². The molecular formula is C24H30N4O4S. The van der Waals surface area contributed by atoms with Gasteiger partial charge < -0.3 is 9.30 Å². The van der Waals surface area contributed by atoms with E-state index in [-0.39, 0.29) is 23.3 Å². The molecule has 0 saturated carbocycles. The lowest BCUT2D eigenvalue weighted by Crippen LogP contribution is -2.49. The first kappa shape index (κ1) is 23.6. The maximum atomic E-state index is 13.1. The van der Waals surface area contributed by atoms with E-state index in [0.29, 0.717) is 31.7 Å². The first-order valence-electron chi connectivity index (χ1n) is 11.3. The molecule has 3 heterocycles. The minimum atomic E-state index is -3.61. The van der Waals surface area contributed by atoms with Gasteiger partial charge in [-0.2, -0.15) is 9.57 Å². The Balaban J connectivity index is 1.36. The summed E-state index contributed by atoms with van der Waals surface area (Å²) in [7, 11) is -3.61. The van der Waals surface area contributed by atoms with Crippen LogP contribution in [0, 0.1) is 25.2 Å². The Hall–Kier alpha value is -2.51. The van der Waals surface area contributed by atoms with Crippen molar-refractivity contribution in [3.05, 3.63) is 52.8 Å². The highest BCUT2D eigenvalue weighted by Crippen LogP contribution is 2.22. The lowest BCUT2D eigenvalue weighted by molar-refractivity contribution is 0.0896. The van der Waals surface area contributed by atoms with Crippen LogP contribution in [0.15, 0.2) is 35.2 Å². The van der Waals surface area contributed by atoms with Crippen molar-refractivity contribution in [2.75, 3.05) is 39.3 Å². The van der Waals surface area contributed by atoms with Crippen molar-refractivity contribution in [2.24, 2.45) is 0 Å². The first-order chi connectivity index (χ1) is 15.8. The third kappa shape index (κ3) is 5.04. The number of hydrogen-bond acceptors (Lipinski definition) is 6. The number of piperazine rings is 1. The summed E-state index contributed by atoms with van der Waals surface area (Å²) in [6.45, 7) is 7.50. The summed E-state index contributed by atoms with van der Waals surface area (Å²) in [6, 6.07) is 9.91. The van der Waals surface area contributed by atoms with Crippen LogP contribution in [0.1, 0.15) is 40.2 Å². The lowest BCUT2D eigenvalue weighted by atomic mass is 10.1. The van der Waals surface area contributed by atoms with Gasteiger partial charge in [0, 0.05) is 56.3 Å². The Labute approximate surface area is 195 Å². The highest BCUT2D eigenvalue weighted by atomic mass is 32.2. The number of nitriles is 1. The molecule has 0 N–H and O–H groups in total. The van der Waals surface area contributed by atoms with Crippen molar-refractivity contribution in [1.29, 1.82) is 5.26 Å². The largest absolute Gasteiger partial charge is 0.376 e. The predicted octanol–water partition coefficient (Wildman–Crippen LogP) is 2.34. The summed E-state index contributed by atoms with van der Waals surface area (Å²) in [4.78, 5) is 15.3. The molecule has 33 heavy (non-hydrogen) atoms. The first-order valence-corrected chi connectivity index (χ1v) is 12.8. The summed E-state index contributed by atoms with van der Waals surface area (Å²) in [5, 5.41) is 8.91. The minimum absolute atomic E-state index is 0.0603. The number of aromatic nitrogens is 1. The van der Waals surface area contributed by atoms with Crippen LogP contribution in [0.3, 0.4) is 0 Å². The van der Waals surface area contributed by atoms with Gasteiger partial charge in [-0.25, -0.2) is 8.42 Å². The zero-order chi connectivity index (χ0) is 23.6. The predicted molar refractivity (Wildman–Crippen MR) is 124 cm³/mol. The fraction of sp³-hybridized carbons (Fsp3) is 0.500. The van der Waals surface area contributed by atoms with Crippen molar-refractivity contribution in [2.45, 2.75) is 44.2 Å². The van der Waals surface area contributed by atoms with E-state index < -0.39 is 10.0 Å². The van der Waals surface area contributed by atoms with E-state index >= 15 is 0 Å². The summed E-state index contributed by atoms with van der Waals surface area (Å²) in [6.07, 6.45) is 2.35. The average Bonchev–Trinajstić information content (AvgIpc) is 3.43. The summed E-state index contributed by atoms with van der Waals surface area (Å²) in [5.74, 6) is 0.0603. The van der Waals surface area contributed by atoms with Gasteiger partial charge in [0.15, 0.2) is 5.78 Å². The second kappa shape index (κ2) is 9.77. The molecule has 1 aromatic carbocycles. The molecule has 9 heteroatoms. The normalized spacial score (nSPS) is 20.1. The molecule has 1 atom stereocenters. The highest BCUT2D eigenvalue weighted by molar-refractivity contribution is 7.89. The van der Waals surface area contributed by atoms with Gasteiger partial charge in [-0.1, -0.05) is 0 Å². The van der Waals surface area contributed by atoms with Gasteiger partial charge in [0.2, 0.25) is 10.0 Å². The Morgan fingerprint density at radius 1 is 1.15 bits per heavy atom. The van der Waals surface area contributed by atoms with Crippen LogP contribution in [0.25, 0.3) is 0 Å². The molecule has 0 amide bonds. The molecule has 176 valence electrons. The average molecular weight is 471 g/mol. The number of ketones is 1. The number of carbonyl (C=O) groups is 1. The topological polar surface area (TPSA) is 95.6 Å². The fourth-order valence-electron chi connectivity index (χ4n) is 4.62. The van der Waals surface area contributed by atoms with Crippen molar-refractivity contribution in [3.8, 4) is 6.07 Å². The van der Waals surface area contributed by atoms with Crippen molar-refractivity contribution in [3.63, 3.8) is 0 Å². The third-order valence-electron chi connectivity index (χ3n) is 6.60. The van der Waals surface area contributed by atoms with E-state index in [2.05, 4.69) is 4.57 Å². The number of carbonyl (C=O) groups excluding carboxylic acids is 1. The molecule has 2 aliphatic heterocycles. The summed E-state index contributed by atoms with van der Waals surface area (Å²) < 4.78 is 35.2. The fourth-order valence-corrected chi connectivity index (χ4v) is 6.05. The number of Topliss-reactive ketones (excluding diaryl/α,β-unsaturated/α-hetero) is 1. The zero-order valence-corrected chi connectivity index (χ0v) is 20.0. The number of sulfonamides is 1. The molecule has 2 aromatic rings. The molecule has 0 spiro atoms. The van der Waals surface area contributed by atoms with Gasteiger partial charge in [-0.15, -0.1) is 0 Å². The molecule has 2 aliphatic rings. The Morgan fingerprint density at radius 2 is 1.85 bits per heavy atom. The molecular weight excluding hydrogens is 440 g/mol. The maximum Gasteiger partial charge on any atom is 0.243 e. The van der Waals surface area contributed by atoms with Crippen LogP contribution in [-0.4, -0.2) is 73.4 Å². The van der Waals surface area contributed by atoms with Gasteiger partial charge in [0.1, 0.15) is 0 Å². The van der Waals surface area contributed by atoms with Crippen LogP contribution in [0.2, 0.25) is 0 Å². The third-order valence-corrected chi connectivity index (χ3v) is 8.52. The monoisotopic (exact) mass is 470 g/mol. The van der Waals surface area contributed by atoms with Gasteiger partial charge in [-0.05, 0) is 57.0 Å². The van der Waals surface area contributed by atoms with Crippen molar-refractivity contribution < 1.29 is 17.9 Å². The lowest BCUT2D eigenvalue weighted by Gasteiger charge is -2.33. The van der Waals surface area contributed by atoms with Crippen LogP contribution in [0.5, 0.6) is 0 Å². The van der Waals surface area contributed by atoms with E-state index in [1.54, 1.807) is 0 Å². The Morgan fingerprint density at radius 3 is 2.45 bits per heavy atom. The van der Waals surface area contributed by atoms with Gasteiger partial charge in [-0.3, -0.25) is 9.69 Å². The molecule has 8 nitrogen and oxygen atoms in total. The summed E-state index contributed by atoms with van der Waals surface area (Å²) >= 11 is 0. The number of hydrogen-bond donors (Lipinski definition) is 0. The molecule has 2 saturated heterocycles. The quantitative estimate of drug-likeness (QED) is 0.577. The second-order valence-electron chi connectivity index (χ2n) is 8.77. The van der Waals surface area contributed by atoms with E-state index in [0.717, 1.165) is 42.9 Å². The van der Waals surface area contributed by atoms with E-state index in [9.17, 15) is 13.2 Å². The Bertz CT molecular complexity index is 1150. The maximum absolute atomic E-state index is 13.1. The Kier molecular flexibility index (Phi) is 7.00.